The summed E-state index contributed by atoms with van der Waals surface area (Å²) in [5.74, 6) is -0.0201. The van der Waals surface area contributed by atoms with E-state index in [-0.39, 0.29) is 12.5 Å². The smallest absolute Gasteiger partial charge is 0.230 e. The van der Waals surface area contributed by atoms with Gasteiger partial charge in [-0.15, -0.1) is 0 Å². The molecule has 0 aliphatic rings. The molecule has 0 atom stereocenters. The molecule has 3 nitrogen and oxygen atoms in total. The van der Waals surface area contributed by atoms with Gasteiger partial charge in [-0.2, -0.15) is 0 Å². The van der Waals surface area contributed by atoms with Crippen molar-refractivity contribution in [3.63, 3.8) is 0 Å². The highest BCUT2D eigenvalue weighted by Gasteiger charge is 2.29. The van der Waals surface area contributed by atoms with Gasteiger partial charge < -0.3 is 10.4 Å². The van der Waals surface area contributed by atoms with E-state index in [1.807, 2.05) is 38.1 Å². The Morgan fingerprint density at radius 3 is 2.47 bits per heavy atom. The molecule has 0 radical (unpaired) electrons. The molecule has 0 unspecified atom stereocenters. The average Bonchev–Trinajstić information content (AvgIpc) is 2.29. The molecule has 0 saturated carbocycles. The first-order chi connectivity index (χ1) is 7.98. The quantitative estimate of drug-likeness (QED) is 0.819. The number of hydrogen-bond donors (Lipinski definition) is 2. The zero-order valence-corrected chi connectivity index (χ0v) is 11.8. The first kappa shape index (κ1) is 14.2. The Bertz CT molecular complexity index is 374. The lowest BCUT2D eigenvalue weighted by Crippen LogP contribution is -2.40. The number of halogens is 1. The molecule has 0 spiro atoms. The second-order valence-electron chi connectivity index (χ2n) is 4.46. The van der Waals surface area contributed by atoms with Crippen molar-refractivity contribution in [2.24, 2.45) is 0 Å². The zero-order chi connectivity index (χ0) is 12.9. The van der Waals surface area contributed by atoms with Crippen LogP contribution in [0.1, 0.15) is 25.8 Å². The lowest BCUT2D eigenvalue weighted by Gasteiger charge is -2.24. The Labute approximate surface area is 110 Å². The second-order valence-corrected chi connectivity index (χ2v) is 5.38. The fourth-order valence-corrected chi connectivity index (χ4v) is 1.76. The minimum absolute atomic E-state index is 0.0201. The molecule has 0 fully saturated rings. The Hall–Kier alpha value is -0.870. The zero-order valence-electron chi connectivity index (χ0n) is 10.2. The summed E-state index contributed by atoms with van der Waals surface area (Å²) in [6.07, 6.45) is 0.585. The van der Waals surface area contributed by atoms with Crippen molar-refractivity contribution >= 4 is 21.8 Å². The number of carbonyl (C=O) groups excluding carboxylic acids is 1. The van der Waals surface area contributed by atoms with Gasteiger partial charge in [0.05, 0.1) is 5.41 Å². The van der Waals surface area contributed by atoms with Crippen molar-refractivity contribution in [3.8, 4) is 0 Å². The fraction of sp³-hybridized carbons (Fsp3) is 0.462. The third kappa shape index (κ3) is 3.82. The Balaban J connectivity index is 2.72. The predicted molar refractivity (Wildman–Crippen MR) is 71.9 cm³/mol. The monoisotopic (exact) mass is 299 g/mol. The van der Waals surface area contributed by atoms with Crippen LogP contribution in [0.4, 0.5) is 0 Å². The van der Waals surface area contributed by atoms with Crippen molar-refractivity contribution < 1.29 is 9.90 Å². The summed E-state index contributed by atoms with van der Waals surface area (Å²) < 4.78 is 0.998. The van der Waals surface area contributed by atoms with Crippen LogP contribution in [0.25, 0.3) is 0 Å². The van der Waals surface area contributed by atoms with Crippen LogP contribution in [0.3, 0.4) is 0 Å². The van der Waals surface area contributed by atoms with Crippen molar-refractivity contribution in [1.82, 2.24) is 5.32 Å². The van der Waals surface area contributed by atoms with Crippen LogP contribution in [0.2, 0.25) is 0 Å². The summed E-state index contributed by atoms with van der Waals surface area (Å²) in [6, 6.07) is 7.74. The van der Waals surface area contributed by atoms with Crippen molar-refractivity contribution in [2.45, 2.75) is 25.7 Å². The molecule has 0 saturated heterocycles. The summed E-state index contributed by atoms with van der Waals surface area (Å²) in [7, 11) is 0. The number of benzene rings is 1. The fourth-order valence-electron chi connectivity index (χ4n) is 1.50. The standard InChI is InChI=1S/C13H18BrNO2/c1-13(2,12(17)15-8-3-9-16)10-4-6-11(14)7-5-10/h4-7,16H,3,8-9H2,1-2H3,(H,15,17). The van der Waals surface area contributed by atoms with Gasteiger partial charge in [0.25, 0.3) is 0 Å². The van der Waals surface area contributed by atoms with E-state index < -0.39 is 5.41 Å². The number of carbonyl (C=O) groups is 1. The third-order valence-electron chi connectivity index (χ3n) is 2.75. The highest BCUT2D eigenvalue weighted by Crippen LogP contribution is 2.24. The van der Waals surface area contributed by atoms with E-state index in [9.17, 15) is 4.79 Å². The molecule has 4 heteroatoms. The molecular weight excluding hydrogens is 282 g/mol. The maximum atomic E-state index is 12.0. The van der Waals surface area contributed by atoms with Gasteiger partial charge in [-0.25, -0.2) is 0 Å². The summed E-state index contributed by atoms with van der Waals surface area (Å²) in [5.41, 5.74) is 0.415. The molecule has 0 aliphatic heterocycles. The van der Waals surface area contributed by atoms with Gasteiger partial charge in [-0.05, 0) is 38.0 Å². The molecule has 0 heterocycles. The number of amides is 1. The van der Waals surface area contributed by atoms with E-state index >= 15 is 0 Å². The third-order valence-corrected chi connectivity index (χ3v) is 3.28. The van der Waals surface area contributed by atoms with Gasteiger partial charge in [-0.1, -0.05) is 28.1 Å². The van der Waals surface area contributed by atoms with Crippen LogP contribution in [-0.2, 0) is 10.2 Å². The molecule has 0 aromatic heterocycles. The van der Waals surface area contributed by atoms with Gasteiger partial charge in [0.15, 0.2) is 0 Å². The van der Waals surface area contributed by atoms with E-state index in [0.29, 0.717) is 13.0 Å². The topological polar surface area (TPSA) is 49.3 Å². The van der Waals surface area contributed by atoms with Gasteiger partial charge in [0.1, 0.15) is 0 Å². The van der Waals surface area contributed by atoms with E-state index in [2.05, 4.69) is 21.2 Å². The summed E-state index contributed by atoms with van der Waals surface area (Å²) in [4.78, 5) is 12.0. The van der Waals surface area contributed by atoms with Gasteiger partial charge in [-0.3, -0.25) is 4.79 Å². The van der Waals surface area contributed by atoms with Crippen molar-refractivity contribution in [3.05, 3.63) is 34.3 Å². The van der Waals surface area contributed by atoms with Crippen LogP contribution in [0.15, 0.2) is 28.7 Å². The Morgan fingerprint density at radius 1 is 1.35 bits per heavy atom. The van der Waals surface area contributed by atoms with E-state index in [1.165, 1.54) is 0 Å². The molecule has 17 heavy (non-hydrogen) atoms. The maximum absolute atomic E-state index is 12.0. The van der Waals surface area contributed by atoms with Crippen molar-refractivity contribution in [2.75, 3.05) is 13.2 Å². The maximum Gasteiger partial charge on any atom is 0.230 e. The van der Waals surface area contributed by atoms with Crippen LogP contribution in [-0.4, -0.2) is 24.2 Å². The Kier molecular flexibility index (Phi) is 5.15. The van der Waals surface area contributed by atoms with Gasteiger partial charge in [0.2, 0.25) is 5.91 Å². The van der Waals surface area contributed by atoms with Gasteiger partial charge in [0, 0.05) is 17.6 Å². The lowest BCUT2D eigenvalue weighted by molar-refractivity contribution is -0.125. The van der Waals surface area contributed by atoms with E-state index in [1.54, 1.807) is 0 Å². The second kappa shape index (κ2) is 6.17. The molecule has 1 aromatic rings. The highest BCUT2D eigenvalue weighted by molar-refractivity contribution is 9.10. The molecule has 0 aliphatic carbocycles. The molecule has 1 amide bonds. The van der Waals surface area contributed by atoms with E-state index in [0.717, 1.165) is 10.0 Å². The summed E-state index contributed by atoms with van der Waals surface area (Å²) >= 11 is 3.37. The largest absolute Gasteiger partial charge is 0.396 e. The molecule has 2 N–H and O–H groups in total. The van der Waals surface area contributed by atoms with Crippen LogP contribution in [0.5, 0.6) is 0 Å². The van der Waals surface area contributed by atoms with Crippen LogP contribution in [0, 0.1) is 0 Å². The van der Waals surface area contributed by atoms with E-state index in [4.69, 9.17) is 5.11 Å². The highest BCUT2D eigenvalue weighted by atomic mass is 79.9. The number of nitrogens with one attached hydrogen (secondary N) is 1. The van der Waals surface area contributed by atoms with Crippen LogP contribution < -0.4 is 5.32 Å². The molecule has 1 aromatic carbocycles. The Morgan fingerprint density at radius 2 is 1.94 bits per heavy atom. The molecule has 1 rings (SSSR count). The molecule has 94 valence electrons. The minimum atomic E-state index is -0.559. The first-order valence-electron chi connectivity index (χ1n) is 5.63. The SMILES string of the molecule is CC(C)(C(=O)NCCCO)c1ccc(Br)cc1. The number of rotatable bonds is 5. The lowest BCUT2D eigenvalue weighted by atomic mass is 9.84. The predicted octanol–water partition coefficient (Wildman–Crippen LogP) is 2.23. The molecular formula is C13H18BrNO2. The van der Waals surface area contributed by atoms with Crippen molar-refractivity contribution in [1.29, 1.82) is 0 Å². The average molecular weight is 300 g/mol. The number of aliphatic hydroxyl groups excluding tert-OH is 1. The summed E-state index contributed by atoms with van der Waals surface area (Å²) in [6.45, 7) is 4.39. The molecule has 0 bridgehead atoms. The van der Waals surface area contributed by atoms with Gasteiger partial charge >= 0.3 is 0 Å². The van der Waals surface area contributed by atoms with Crippen LogP contribution >= 0.6 is 15.9 Å². The normalized spacial score (nSPS) is 11.3. The minimum Gasteiger partial charge on any atom is -0.396 e. The number of aliphatic hydroxyl groups is 1. The first-order valence-corrected chi connectivity index (χ1v) is 6.43. The summed E-state index contributed by atoms with van der Waals surface area (Å²) in [5, 5.41) is 11.5. The number of hydrogen-bond acceptors (Lipinski definition) is 2.